The third-order valence-corrected chi connectivity index (χ3v) is 3.03. The standard InChI is InChI=1S/C13H16F3N3/c1-6(2)10-8-5-9(13(14,15)16)11(7(3)4)17-12(8)19-18-10/h5-7H,1-4H3,(H,17,18,19). The van der Waals surface area contributed by atoms with Crippen molar-refractivity contribution in [1.82, 2.24) is 15.2 Å². The van der Waals surface area contributed by atoms with Gasteiger partial charge in [-0.3, -0.25) is 5.10 Å². The van der Waals surface area contributed by atoms with Gasteiger partial charge in [-0.25, -0.2) is 4.98 Å². The minimum absolute atomic E-state index is 0.0433. The first-order chi connectivity index (χ1) is 8.71. The predicted octanol–water partition coefficient (Wildman–Crippen LogP) is 4.22. The first-order valence-corrected chi connectivity index (χ1v) is 6.18. The van der Waals surface area contributed by atoms with E-state index in [9.17, 15) is 13.2 Å². The number of alkyl halides is 3. The molecule has 104 valence electrons. The maximum atomic E-state index is 13.1. The van der Waals surface area contributed by atoms with Gasteiger partial charge in [-0.15, -0.1) is 0 Å². The highest BCUT2D eigenvalue weighted by molar-refractivity contribution is 5.79. The molecule has 0 fully saturated rings. The number of nitrogens with zero attached hydrogens (tertiary/aromatic N) is 2. The summed E-state index contributed by atoms with van der Waals surface area (Å²) >= 11 is 0. The number of rotatable bonds is 2. The summed E-state index contributed by atoms with van der Waals surface area (Å²) < 4.78 is 39.3. The van der Waals surface area contributed by atoms with E-state index in [-0.39, 0.29) is 17.5 Å². The van der Waals surface area contributed by atoms with Crippen molar-refractivity contribution in [2.45, 2.75) is 45.7 Å². The molecule has 0 unspecified atom stereocenters. The molecule has 1 N–H and O–H groups in total. The molecule has 0 atom stereocenters. The van der Waals surface area contributed by atoms with Gasteiger partial charge in [0.2, 0.25) is 0 Å². The number of hydrogen-bond acceptors (Lipinski definition) is 2. The van der Waals surface area contributed by atoms with Crippen LogP contribution in [0.5, 0.6) is 0 Å². The maximum absolute atomic E-state index is 13.1. The Kier molecular flexibility index (Phi) is 3.28. The molecule has 0 amide bonds. The number of pyridine rings is 1. The van der Waals surface area contributed by atoms with Crippen molar-refractivity contribution >= 4 is 11.0 Å². The Labute approximate surface area is 109 Å². The van der Waals surface area contributed by atoms with E-state index in [1.165, 1.54) is 0 Å². The molecule has 2 heterocycles. The fraction of sp³-hybridized carbons (Fsp3) is 0.538. The minimum atomic E-state index is -4.40. The molecule has 0 spiro atoms. The topological polar surface area (TPSA) is 41.6 Å². The number of fused-ring (bicyclic) bond motifs is 1. The van der Waals surface area contributed by atoms with Crippen molar-refractivity contribution in [2.24, 2.45) is 0 Å². The monoisotopic (exact) mass is 271 g/mol. The molecule has 19 heavy (non-hydrogen) atoms. The largest absolute Gasteiger partial charge is 0.418 e. The number of hydrogen-bond donors (Lipinski definition) is 1. The summed E-state index contributed by atoms with van der Waals surface area (Å²) in [4.78, 5) is 4.08. The summed E-state index contributed by atoms with van der Waals surface area (Å²) in [6.45, 7) is 7.19. The normalized spacial score (nSPS) is 12.9. The van der Waals surface area contributed by atoms with Crippen molar-refractivity contribution in [3.8, 4) is 0 Å². The maximum Gasteiger partial charge on any atom is 0.418 e. The molecule has 0 saturated heterocycles. The lowest BCUT2D eigenvalue weighted by molar-refractivity contribution is -0.138. The molecule has 0 saturated carbocycles. The second-order valence-corrected chi connectivity index (χ2v) is 5.24. The van der Waals surface area contributed by atoms with Crippen molar-refractivity contribution in [3.63, 3.8) is 0 Å². The van der Waals surface area contributed by atoms with Crippen LogP contribution < -0.4 is 0 Å². The highest BCUT2D eigenvalue weighted by atomic mass is 19.4. The van der Waals surface area contributed by atoms with E-state index in [0.29, 0.717) is 16.7 Å². The predicted molar refractivity (Wildman–Crippen MR) is 67.1 cm³/mol. The van der Waals surface area contributed by atoms with E-state index in [2.05, 4.69) is 15.2 Å². The van der Waals surface area contributed by atoms with Crippen molar-refractivity contribution in [2.75, 3.05) is 0 Å². The van der Waals surface area contributed by atoms with E-state index in [1.54, 1.807) is 13.8 Å². The third kappa shape index (κ3) is 2.43. The average molecular weight is 271 g/mol. The summed E-state index contributed by atoms with van der Waals surface area (Å²) in [5.41, 5.74) is 0.406. The van der Waals surface area contributed by atoms with Crippen LogP contribution in [0.3, 0.4) is 0 Å². The summed E-state index contributed by atoms with van der Waals surface area (Å²) in [6.07, 6.45) is -4.40. The summed E-state index contributed by atoms with van der Waals surface area (Å²) in [5, 5.41) is 7.23. The van der Waals surface area contributed by atoms with E-state index in [0.717, 1.165) is 6.07 Å². The number of aromatic nitrogens is 3. The Balaban J connectivity index is 2.76. The van der Waals surface area contributed by atoms with Gasteiger partial charge in [0.1, 0.15) is 0 Å². The lowest BCUT2D eigenvalue weighted by atomic mass is 10.00. The van der Waals surface area contributed by atoms with Gasteiger partial charge in [0.15, 0.2) is 5.65 Å². The smallest absolute Gasteiger partial charge is 0.279 e. The fourth-order valence-corrected chi connectivity index (χ4v) is 2.08. The Morgan fingerprint density at radius 2 is 1.74 bits per heavy atom. The molecule has 0 aliphatic heterocycles. The van der Waals surface area contributed by atoms with Gasteiger partial charge < -0.3 is 0 Å². The zero-order valence-electron chi connectivity index (χ0n) is 11.3. The molecule has 0 aliphatic rings. The van der Waals surface area contributed by atoms with Crippen LogP contribution >= 0.6 is 0 Å². The Morgan fingerprint density at radius 1 is 1.11 bits per heavy atom. The van der Waals surface area contributed by atoms with Crippen LogP contribution in [0, 0.1) is 0 Å². The zero-order chi connectivity index (χ0) is 14.4. The van der Waals surface area contributed by atoms with Crippen molar-refractivity contribution in [3.05, 3.63) is 23.0 Å². The zero-order valence-corrected chi connectivity index (χ0v) is 11.3. The van der Waals surface area contributed by atoms with Gasteiger partial charge in [0, 0.05) is 11.1 Å². The van der Waals surface area contributed by atoms with Crippen LogP contribution in [0.15, 0.2) is 6.07 Å². The van der Waals surface area contributed by atoms with Crippen molar-refractivity contribution < 1.29 is 13.2 Å². The lowest BCUT2D eigenvalue weighted by Crippen LogP contribution is -2.12. The Hall–Kier alpha value is -1.59. The Morgan fingerprint density at radius 3 is 2.21 bits per heavy atom. The fourth-order valence-electron chi connectivity index (χ4n) is 2.08. The quantitative estimate of drug-likeness (QED) is 0.888. The highest BCUT2D eigenvalue weighted by Crippen LogP contribution is 2.37. The van der Waals surface area contributed by atoms with Crippen LogP contribution in [0.1, 0.15) is 56.5 Å². The van der Waals surface area contributed by atoms with Gasteiger partial charge >= 0.3 is 6.18 Å². The molecule has 2 rings (SSSR count). The van der Waals surface area contributed by atoms with Crippen LogP contribution in [-0.4, -0.2) is 15.2 Å². The van der Waals surface area contributed by atoms with Crippen LogP contribution in [0.25, 0.3) is 11.0 Å². The molecule has 0 aromatic carbocycles. The van der Waals surface area contributed by atoms with Crippen LogP contribution in [0.4, 0.5) is 13.2 Å². The molecule has 3 nitrogen and oxygen atoms in total. The first-order valence-electron chi connectivity index (χ1n) is 6.18. The summed E-state index contributed by atoms with van der Waals surface area (Å²) in [6, 6.07) is 1.16. The molecule has 2 aromatic rings. The van der Waals surface area contributed by atoms with E-state index >= 15 is 0 Å². The van der Waals surface area contributed by atoms with E-state index in [1.807, 2.05) is 13.8 Å². The SMILES string of the molecule is CC(C)c1nc2n[nH]c(C(C)C)c2cc1C(F)(F)F. The molecule has 6 heteroatoms. The van der Waals surface area contributed by atoms with Crippen molar-refractivity contribution in [1.29, 1.82) is 0 Å². The number of aromatic amines is 1. The molecule has 0 aliphatic carbocycles. The van der Waals surface area contributed by atoms with Crippen LogP contribution in [0.2, 0.25) is 0 Å². The minimum Gasteiger partial charge on any atom is -0.279 e. The number of halogens is 3. The molecular weight excluding hydrogens is 255 g/mol. The van der Waals surface area contributed by atoms with E-state index in [4.69, 9.17) is 0 Å². The van der Waals surface area contributed by atoms with Gasteiger partial charge in [-0.05, 0) is 17.9 Å². The van der Waals surface area contributed by atoms with Gasteiger partial charge in [0.05, 0.1) is 11.3 Å². The van der Waals surface area contributed by atoms with Gasteiger partial charge in [-0.1, -0.05) is 27.7 Å². The molecule has 0 bridgehead atoms. The lowest BCUT2D eigenvalue weighted by Gasteiger charge is -2.14. The molecule has 2 aromatic heterocycles. The Bertz CT molecular complexity index is 597. The summed E-state index contributed by atoms with van der Waals surface area (Å²) in [5.74, 6) is -0.238. The number of H-pyrrole nitrogens is 1. The molecular formula is C13H16F3N3. The molecule has 0 radical (unpaired) electrons. The highest BCUT2D eigenvalue weighted by Gasteiger charge is 2.36. The average Bonchev–Trinajstić information content (AvgIpc) is 2.68. The van der Waals surface area contributed by atoms with Crippen LogP contribution in [-0.2, 0) is 6.18 Å². The third-order valence-electron chi connectivity index (χ3n) is 3.03. The second-order valence-electron chi connectivity index (χ2n) is 5.24. The summed E-state index contributed by atoms with van der Waals surface area (Å²) in [7, 11) is 0. The van der Waals surface area contributed by atoms with E-state index < -0.39 is 11.7 Å². The second kappa shape index (κ2) is 4.51. The number of nitrogens with one attached hydrogen (secondary N) is 1. The van der Waals surface area contributed by atoms with Gasteiger partial charge in [-0.2, -0.15) is 18.3 Å². The first kappa shape index (κ1) is 13.8. The van der Waals surface area contributed by atoms with Gasteiger partial charge in [0.25, 0.3) is 0 Å².